The molecule has 2 heterocycles. The van der Waals surface area contributed by atoms with Crippen LogP contribution in [0.2, 0.25) is 5.02 Å². The fourth-order valence-corrected chi connectivity index (χ4v) is 2.21. The van der Waals surface area contributed by atoms with Crippen molar-refractivity contribution in [3.8, 4) is 11.5 Å². The van der Waals surface area contributed by atoms with Gasteiger partial charge in [-0.15, -0.1) is 0 Å². The van der Waals surface area contributed by atoms with E-state index in [0.29, 0.717) is 41.1 Å². The van der Waals surface area contributed by atoms with Crippen molar-refractivity contribution >= 4 is 17.4 Å². The highest BCUT2D eigenvalue weighted by Crippen LogP contribution is 2.36. The van der Waals surface area contributed by atoms with Crippen LogP contribution in [0.25, 0.3) is 0 Å². The van der Waals surface area contributed by atoms with Crippen LogP contribution in [0.1, 0.15) is 21.7 Å². The Labute approximate surface area is 114 Å². The van der Waals surface area contributed by atoms with Gasteiger partial charge in [0.05, 0.1) is 11.3 Å². The van der Waals surface area contributed by atoms with E-state index in [1.165, 1.54) is 6.26 Å². The minimum Gasteiger partial charge on any atom is -0.486 e. The van der Waals surface area contributed by atoms with Crippen LogP contribution in [0.15, 0.2) is 28.9 Å². The molecule has 0 unspecified atom stereocenters. The summed E-state index contributed by atoms with van der Waals surface area (Å²) >= 11 is 6.13. The topological polar surface area (TPSA) is 48.7 Å². The molecule has 1 aromatic carbocycles. The molecule has 0 saturated carbocycles. The van der Waals surface area contributed by atoms with Gasteiger partial charge in [0.2, 0.25) is 5.78 Å². The molecule has 0 radical (unpaired) electrons. The van der Waals surface area contributed by atoms with Gasteiger partial charge >= 0.3 is 0 Å². The predicted molar refractivity (Wildman–Crippen MR) is 69.3 cm³/mol. The number of furan rings is 1. The summed E-state index contributed by atoms with van der Waals surface area (Å²) in [5.74, 6) is 1.12. The number of carbonyl (C=O) groups is 1. The number of rotatable bonds is 2. The maximum atomic E-state index is 12.4. The summed E-state index contributed by atoms with van der Waals surface area (Å²) in [6.45, 7) is 2.75. The lowest BCUT2D eigenvalue weighted by molar-refractivity contribution is 0.101. The van der Waals surface area contributed by atoms with Crippen LogP contribution in [0.3, 0.4) is 0 Å². The Balaban J connectivity index is 2.06. The second kappa shape index (κ2) is 4.63. The molecule has 0 saturated heterocycles. The fraction of sp³-hybridized carbons (Fsp3) is 0.214. The summed E-state index contributed by atoms with van der Waals surface area (Å²) in [4.78, 5) is 12.4. The lowest BCUT2D eigenvalue weighted by Crippen LogP contribution is -2.16. The quantitative estimate of drug-likeness (QED) is 0.791. The van der Waals surface area contributed by atoms with E-state index in [9.17, 15) is 4.79 Å². The van der Waals surface area contributed by atoms with Gasteiger partial charge in [0.1, 0.15) is 13.2 Å². The number of ketones is 1. The molecule has 4 nitrogen and oxygen atoms in total. The smallest absolute Gasteiger partial charge is 0.230 e. The Bertz CT molecular complexity index is 645. The lowest BCUT2D eigenvalue weighted by atomic mass is 10.1. The summed E-state index contributed by atoms with van der Waals surface area (Å²) in [5, 5.41) is 0.324. The summed E-state index contributed by atoms with van der Waals surface area (Å²) in [5.41, 5.74) is 1.12. The van der Waals surface area contributed by atoms with E-state index in [1.54, 1.807) is 18.2 Å². The van der Waals surface area contributed by atoms with Gasteiger partial charge in [0.25, 0.3) is 0 Å². The first-order valence-electron chi connectivity index (χ1n) is 5.85. The molecule has 0 fully saturated rings. The summed E-state index contributed by atoms with van der Waals surface area (Å²) in [6, 6.07) is 4.93. The Hall–Kier alpha value is -1.94. The van der Waals surface area contributed by atoms with E-state index < -0.39 is 0 Å². The highest BCUT2D eigenvalue weighted by molar-refractivity contribution is 6.35. The first-order chi connectivity index (χ1) is 9.16. The Morgan fingerprint density at radius 3 is 2.53 bits per heavy atom. The third kappa shape index (κ3) is 2.08. The molecule has 98 valence electrons. The van der Waals surface area contributed by atoms with Crippen LogP contribution in [0.5, 0.6) is 11.5 Å². The molecule has 0 aliphatic carbocycles. The Kier molecular flexibility index (Phi) is 2.95. The van der Waals surface area contributed by atoms with Gasteiger partial charge in [-0.1, -0.05) is 11.6 Å². The molecule has 0 amide bonds. The maximum Gasteiger partial charge on any atom is 0.230 e. The SMILES string of the molecule is Cc1ccoc1C(=O)c1cc2c(cc1Cl)OCCO2. The normalized spacial score (nSPS) is 13.4. The van der Waals surface area contributed by atoms with E-state index in [-0.39, 0.29) is 5.78 Å². The van der Waals surface area contributed by atoms with Crippen molar-refractivity contribution in [3.05, 3.63) is 46.4 Å². The van der Waals surface area contributed by atoms with Gasteiger partial charge in [-0.2, -0.15) is 0 Å². The zero-order valence-corrected chi connectivity index (χ0v) is 11.0. The molecular formula is C14H11ClO4. The third-order valence-electron chi connectivity index (χ3n) is 2.94. The van der Waals surface area contributed by atoms with Crippen LogP contribution >= 0.6 is 11.6 Å². The first kappa shape index (κ1) is 12.1. The molecule has 0 N–H and O–H groups in total. The number of fused-ring (bicyclic) bond motifs is 1. The van der Waals surface area contributed by atoms with Gasteiger partial charge in [-0.25, -0.2) is 0 Å². The minimum absolute atomic E-state index is 0.260. The number of carbonyl (C=O) groups excluding carboxylic acids is 1. The van der Waals surface area contributed by atoms with E-state index in [0.717, 1.165) is 5.56 Å². The molecule has 3 rings (SSSR count). The molecule has 1 aromatic heterocycles. The first-order valence-corrected chi connectivity index (χ1v) is 6.22. The van der Waals surface area contributed by atoms with Crippen LogP contribution < -0.4 is 9.47 Å². The van der Waals surface area contributed by atoms with E-state index in [4.69, 9.17) is 25.5 Å². The number of aryl methyl sites for hydroxylation is 1. The van der Waals surface area contributed by atoms with Gasteiger partial charge < -0.3 is 13.9 Å². The summed E-state index contributed by atoms with van der Waals surface area (Å²) < 4.78 is 16.1. The number of hydrogen-bond acceptors (Lipinski definition) is 4. The number of halogens is 1. The van der Waals surface area contributed by atoms with Crippen molar-refractivity contribution in [2.45, 2.75) is 6.92 Å². The third-order valence-corrected chi connectivity index (χ3v) is 3.26. The molecular weight excluding hydrogens is 268 g/mol. The average molecular weight is 279 g/mol. The Morgan fingerprint density at radius 2 is 1.89 bits per heavy atom. The van der Waals surface area contributed by atoms with E-state index in [1.807, 2.05) is 6.92 Å². The summed E-state index contributed by atoms with van der Waals surface area (Å²) in [7, 11) is 0. The van der Waals surface area contributed by atoms with Gasteiger partial charge in [0.15, 0.2) is 17.3 Å². The van der Waals surface area contributed by atoms with Crippen molar-refractivity contribution in [1.29, 1.82) is 0 Å². The molecule has 0 atom stereocenters. The van der Waals surface area contributed by atoms with Crippen molar-refractivity contribution in [2.75, 3.05) is 13.2 Å². The fourth-order valence-electron chi connectivity index (χ4n) is 1.97. The molecule has 1 aliphatic rings. The van der Waals surface area contributed by atoms with Crippen molar-refractivity contribution in [1.82, 2.24) is 0 Å². The molecule has 19 heavy (non-hydrogen) atoms. The zero-order valence-electron chi connectivity index (χ0n) is 10.2. The standard InChI is InChI=1S/C14H11ClO4/c1-8-2-3-19-14(8)13(16)9-6-11-12(7-10(9)15)18-5-4-17-11/h2-3,6-7H,4-5H2,1H3. The van der Waals surface area contributed by atoms with Crippen LogP contribution in [0, 0.1) is 6.92 Å². The van der Waals surface area contributed by atoms with Crippen LogP contribution in [-0.4, -0.2) is 19.0 Å². The average Bonchev–Trinajstić information content (AvgIpc) is 2.83. The van der Waals surface area contributed by atoms with Gasteiger partial charge in [-0.05, 0) is 24.6 Å². The monoisotopic (exact) mass is 278 g/mol. The number of ether oxygens (including phenoxy) is 2. The van der Waals surface area contributed by atoms with Gasteiger partial charge in [0, 0.05) is 11.6 Å². The molecule has 1 aliphatic heterocycles. The van der Waals surface area contributed by atoms with Crippen molar-refractivity contribution in [2.24, 2.45) is 0 Å². The second-order valence-corrected chi connectivity index (χ2v) is 4.64. The highest BCUT2D eigenvalue weighted by Gasteiger charge is 2.22. The minimum atomic E-state index is -0.260. The van der Waals surface area contributed by atoms with Crippen LogP contribution in [0.4, 0.5) is 0 Å². The molecule has 2 aromatic rings. The Morgan fingerprint density at radius 1 is 1.21 bits per heavy atom. The highest BCUT2D eigenvalue weighted by atomic mass is 35.5. The summed E-state index contributed by atoms with van der Waals surface area (Å²) in [6.07, 6.45) is 1.48. The number of benzene rings is 1. The maximum absolute atomic E-state index is 12.4. The second-order valence-electron chi connectivity index (χ2n) is 4.24. The largest absolute Gasteiger partial charge is 0.486 e. The molecule has 0 spiro atoms. The molecule has 0 bridgehead atoms. The van der Waals surface area contributed by atoms with E-state index in [2.05, 4.69) is 0 Å². The number of hydrogen-bond donors (Lipinski definition) is 0. The van der Waals surface area contributed by atoms with Crippen LogP contribution in [-0.2, 0) is 0 Å². The zero-order chi connectivity index (χ0) is 13.4. The lowest BCUT2D eigenvalue weighted by Gasteiger charge is -2.19. The predicted octanol–water partition coefficient (Wildman–Crippen LogP) is 3.24. The van der Waals surface area contributed by atoms with E-state index >= 15 is 0 Å². The van der Waals surface area contributed by atoms with Gasteiger partial charge in [-0.3, -0.25) is 4.79 Å². The van der Waals surface area contributed by atoms with Crippen molar-refractivity contribution in [3.63, 3.8) is 0 Å². The van der Waals surface area contributed by atoms with Crippen molar-refractivity contribution < 1.29 is 18.7 Å². The molecule has 5 heteroatoms.